The van der Waals surface area contributed by atoms with E-state index in [4.69, 9.17) is 16.3 Å². The van der Waals surface area contributed by atoms with Crippen LogP contribution in [0.4, 0.5) is 18.9 Å². The first-order valence-electron chi connectivity index (χ1n) is 6.72. The van der Waals surface area contributed by atoms with Crippen molar-refractivity contribution < 1.29 is 27.5 Å². The maximum absolute atomic E-state index is 12.8. The summed E-state index contributed by atoms with van der Waals surface area (Å²) in [4.78, 5) is 24.8. The van der Waals surface area contributed by atoms with Crippen LogP contribution < -0.4 is 5.32 Å². The molecule has 1 aliphatic rings. The number of hydrogen-bond donors (Lipinski definition) is 1. The van der Waals surface area contributed by atoms with Crippen LogP contribution in [0.15, 0.2) is 18.2 Å². The molecular weight excluding hydrogens is 337 g/mol. The number of hydrogen-bond acceptors (Lipinski definition) is 4. The second kappa shape index (κ2) is 6.76. The molecule has 5 nitrogen and oxygen atoms in total. The van der Waals surface area contributed by atoms with Gasteiger partial charge in [0.1, 0.15) is 6.04 Å². The number of likely N-dealkylation sites (N-methyl/N-ethyl adjacent to an activating group) is 1. The van der Waals surface area contributed by atoms with Crippen molar-refractivity contribution in [1.29, 1.82) is 0 Å². The molecular formula is C14H14ClF3N2O3. The molecule has 1 N–H and O–H groups in total. The number of alkyl halides is 3. The van der Waals surface area contributed by atoms with Gasteiger partial charge in [-0.3, -0.25) is 14.5 Å². The standard InChI is InChI=1S/C14H14ClF3N2O3/c1-20(11-4-5-23-13(11)22)7-12(21)19-8-2-3-10(15)9(6-8)14(16,17)18/h2-3,6,11H,4-5,7H2,1H3,(H,19,21). The number of esters is 1. The van der Waals surface area contributed by atoms with Gasteiger partial charge in [0, 0.05) is 12.1 Å². The highest BCUT2D eigenvalue weighted by atomic mass is 35.5. The number of carbonyl (C=O) groups excluding carboxylic acids is 2. The van der Waals surface area contributed by atoms with E-state index in [0.717, 1.165) is 12.1 Å². The molecule has 1 unspecified atom stereocenters. The molecule has 1 fully saturated rings. The SMILES string of the molecule is CN(CC(=O)Nc1ccc(Cl)c(C(F)(F)F)c1)C1CCOC1=O. The molecule has 0 bridgehead atoms. The lowest BCUT2D eigenvalue weighted by Gasteiger charge is -2.20. The summed E-state index contributed by atoms with van der Waals surface area (Å²) in [6, 6.07) is 2.60. The third-order valence-corrected chi connectivity index (χ3v) is 3.72. The molecule has 0 saturated carbocycles. The third kappa shape index (κ3) is 4.35. The van der Waals surface area contributed by atoms with Crippen molar-refractivity contribution in [1.82, 2.24) is 4.90 Å². The fraction of sp³-hybridized carbons (Fsp3) is 0.429. The number of amides is 1. The van der Waals surface area contributed by atoms with Gasteiger partial charge in [-0.15, -0.1) is 0 Å². The van der Waals surface area contributed by atoms with Crippen molar-refractivity contribution in [3.8, 4) is 0 Å². The van der Waals surface area contributed by atoms with E-state index < -0.39 is 34.7 Å². The maximum atomic E-state index is 12.8. The van der Waals surface area contributed by atoms with E-state index in [1.54, 1.807) is 7.05 Å². The van der Waals surface area contributed by atoms with Crippen LogP contribution in [0.5, 0.6) is 0 Å². The second-order valence-electron chi connectivity index (χ2n) is 5.13. The maximum Gasteiger partial charge on any atom is 0.417 e. The van der Waals surface area contributed by atoms with Crippen LogP contribution >= 0.6 is 11.6 Å². The fourth-order valence-electron chi connectivity index (χ4n) is 2.24. The number of halogens is 4. The van der Waals surface area contributed by atoms with Crippen LogP contribution in [0.2, 0.25) is 5.02 Å². The average molecular weight is 351 g/mol. The van der Waals surface area contributed by atoms with Crippen molar-refractivity contribution in [2.45, 2.75) is 18.6 Å². The van der Waals surface area contributed by atoms with E-state index in [1.165, 1.54) is 11.0 Å². The van der Waals surface area contributed by atoms with Crippen LogP contribution in [0, 0.1) is 0 Å². The molecule has 9 heteroatoms. The predicted octanol–water partition coefficient (Wildman–Crippen LogP) is 2.54. The Balaban J connectivity index is 2.01. The molecule has 0 spiro atoms. The van der Waals surface area contributed by atoms with E-state index in [1.807, 2.05) is 0 Å². The molecule has 0 aliphatic carbocycles. The Morgan fingerprint density at radius 3 is 2.74 bits per heavy atom. The Morgan fingerprint density at radius 1 is 1.48 bits per heavy atom. The molecule has 23 heavy (non-hydrogen) atoms. The van der Waals surface area contributed by atoms with Gasteiger partial charge in [-0.2, -0.15) is 13.2 Å². The zero-order chi connectivity index (χ0) is 17.2. The lowest BCUT2D eigenvalue weighted by Crippen LogP contribution is -2.40. The second-order valence-corrected chi connectivity index (χ2v) is 5.53. The Morgan fingerprint density at radius 2 is 2.17 bits per heavy atom. The molecule has 2 rings (SSSR count). The number of anilines is 1. The van der Waals surface area contributed by atoms with Crippen molar-refractivity contribution in [3.63, 3.8) is 0 Å². The van der Waals surface area contributed by atoms with Gasteiger partial charge < -0.3 is 10.1 Å². The molecule has 0 aromatic heterocycles. The summed E-state index contributed by atoms with van der Waals surface area (Å²) in [5.74, 6) is -0.950. The molecule has 1 aromatic carbocycles. The minimum absolute atomic E-state index is 0.0193. The summed E-state index contributed by atoms with van der Waals surface area (Å²) in [5, 5.41) is 1.92. The van der Waals surface area contributed by atoms with Gasteiger partial charge >= 0.3 is 12.1 Å². The smallest absolute Gasteiger partial charge is 0.417 e. The first-order chi connectivity index (χ1) is 10.7. The summed E-state index contributed by atoms with van der Waals surface area (Å²) < 4.78 is 43.1. The number of rotatable bonds is 4. The molecule has 0 radical (unpaired) electrons. The van der Waals surface area contributed by atoms with E-state index >= 15 is 0 Å². The summed E-state index contributed by atoms with van der Waals surface area (Å²) >= 11 is 5.51. The minimum Gasteiger partial charge on any atom is -0.464 e. The van der Waals surface area contributed by atoms with E-state index in [0.29, 0.717) is 13.0 Å². The first kappa shape index (κ1) is 17.6. The number of nitrogens with zero attached hydrogens (tertiary/aromatic N) is 1. The van der Waals surface area contributed by atoms with Crippen molar-refractivity contribution >= 4 is 29.2 Å². The monoisotopic (exact) mass is 350 g/mol. The minimum atomic E-state index is -4.61. The zero-order valence-corrected chi connectivity index (χ0v) is 12.9. The molecule has 1 saturated heterocycles. The lowest BCUT2D eigenvalue weighted by molar-refractivity contribution is -0.142. The van der Waals surface area contributed by atoms with Gasteiger partial charge in [-0.25, -0.2) is 0 Å². The van der Waals surface area contributed by atoms with Crippen molar-refractivity contribution in [2.75, 3.05) is 25.5 Å². The first-order valence-corrected chi connectivity index (χ1v) is 7.10. The van der Waals surface area contributed by atoms with Gasteiger partial charge in [-0.05, 0) is 25.2 Å². The van der Waals surface area contributed by atoms with Crippen LogP contribution in [0.25, 0.3) is 0 Å². The van der Waals surface area contributed by atoms with Crippen LogP contribution in [0.1, 0.15) is 12.0 Å². The Hall–Kier alpha value is -1.80. The van der Waals surface area contributed by atoms with Gasteiger partial charge in [0.25, 0.3) is 0 Å². The van der Waals surface area contributed by atoms with Crippen LogP contribution in [-0.2, 0) is 20.5 Å². The van der Waals surface area contributed by atoms with Crippen molar-refractivity contribution in [3.05, 3.63) is 28.8 Å². The van der Waals surface area contributed by atoms with Crippen LogP contribution in [0.3, 0.4) is 0 Å². The Bertz CT molecular complexity index is 622. The fourth-order valence-corrected chi connectivity index (χ4v) is 2.47. The zero-order valence-electron chi connectivity index (χ0n) is 12.1. The molecule has 1 atom stereocenters. The van der Waals surface area contributed by atoms with E-state index in [2.05, 4.69) is 5.32 Å². The number of benzene rings is 1. The topological polar surface area (TPSA) is 58.6 Å². The van der Waals surface area contributed by atoms with Gasteiger partial charge in [-0.1, -0.05) is 11.6 Å². The number of carbonyl (C=O) groups is 2. The number of cyclic esters (lactones) is 1. The number of ether oxygens (including phenoxy) is 1. The highest BCUT2D eigenvalue weighted by Crippen LogP contribution is 2.36. The van der Waals surface area contributed by atoms with E-state index in [-0.39, 0.29) is 12.2 Å². The highest BCUT2D eigenvalue weighted by Gasteiger charge is 2.34. The molecule has 1 amide bonds. The highest BCUT2D eigenvalue weighted by molar-refractivity contribution is 6.31. The average Bonchev–Trinajstić information content (AvgIpc) is 2.86. The largest absolute Gasteiger partial charge is 0.464 e. The Labute approximate surface area is 135 Å². The Kier molecular flexibility index (Phi) is 5.16. The normalized spacial score (nSPS) is 18.2. The number of nitrogens with one attached hydrogen (secondary N) is 1. The summed E-state index contributed by atoms with van der Waals surface area (Å²) in [5.41, 5.74) is -1.04. The predicted molar refractivity (Wildman–Crippen MR) is 77.1 cm³/mol. The molecule has 1 heterocycles. The molecule has 1 aliphatic heterocycles. The summed E-state index contributed by atoms with van der Waals surface area (Å²) in [6.45, 7) is 0.144. The quantitative estimate of drug-likeness (QED) is 0.848. The van der Waals surface area contributed by atoms with E-state index in [9.17, 15) is 22.8 Å². The van der Waals surface area contributed by atoms with Crippen molar-refractivity contribution in [2.24, 2.45) is 0 Å². The van der Waals surface area contributed by atoms with Gasteiger partial charge in [0.2, 0.25) is 5.91 Å². The lowest BCUT2D eigenvalue weighted by atomic mass is 10.2. The van der Waals surface area contributed by atoms with Gasteiger partial charge in [0.05, 0.1) is 23.7 Å². The molecule has 1 aromatic rings. The van der Waals surface area contributed by atoms with Gasteiger partial charge in [0.15, 0.2) is 0 Å². The molecule has 126 valence electrons. The summed E-state index contributed by atoms with van der Waals surface area (Å²) in [7, 11) is 1.57. The summed E-state index contributed by atoms with van der Waals surface area (Å²) in [6.07, 6.45) is -4.13. The third-order valence-electron chi connectivity index (χ3n) is 3.39. The van der Waals surface area contributed by atoms with Crippen LogP contribution in [-0.4, -0.2) is 43.0 Å².